The minimum absolute atomic E-state index is 0.228. The number of Topliss-reactive ketones (excluding diaryl/α,β-unsaturated/α-hetero) is 1. The molecule has 6 nitrogen and oxygen atoms in total. The molecule has 2 aromatic rings. The first-order chi connectivity index (χ1) is 12.1. The molecular formula is C19H16O6. The summed E-state index contributed by atoms with van der Waals surface area (Å²) in [7, 11) is 1.54. The minimum atomic E-state index is -1.41. The lowest BCUT2D eigenvalue weighted by Crippen LogP contribution is -2.44. The Morgan fingerprint density at radius 1 is 1.16 bits per heavy atom. The number of rotatable bonds is 3. The molecule has 4 rings (SSSR count). The Morgan fingerprint density at radius 3 is 2.68 bits per heavy atom. The summed E-state index contributed by atoms with van der Waals surface area (Å²) in [6.45, 7) is 2.05. The number of hydrogen-bond donors (Lipinski definition) is 0. The van der Waals surface area contributed by atoms with E-state index in [1.165, 1.54) is 7.11 Å². The third-order valence-corrected chi connectivity index (χ3v) is 4.32. The topological polar surface area (TPSA) is 71.1 Å². The van der Waals surface area contributed by atoms with E-state index >= 15 is 0 Å². The summed E-state index contributed by atoms with van der Waals surface area (Å²) in [4.78, 5) is 24.8. The number of hydrogen-bond acceptors (Lipinski definition) is 6. The van der Waals surface area contributed by atoms with Crippen LogP contribution >= 0.6 is 0 Å². The summed E-state index contributed by atoms with van der Waals surface area (Å²) in [6, 6.07) is 10.0. The van der Waals surface area contributed by atoms with E-state index in [1.807, 2.05) is 0 Å². The Kier molecular flexibility index (Phi) is 3.42. The van der Waals surface area contributed by atoms with Gasteiger partial charge in [0.15, 0.2) is 0 Å². The van der Waals surface area contributed by atoms with Crippen LogP contribution in [0.1, 0.15) is 33.2 Å². The van der Waals surface area contributed by atoms with Crippen molar-refractivity contribution in [3.63, 3.8) is 0 Å². The zero-order chi connectivity index (χ0) is 17.6. The molecule has 1 unspecified atom stereocenters. The van der Waals surface area contributed by atoms with Crippen molar-refractivity contribution < 1.29 is 28.5 Å². The normalized spacial score (nSPS) is 19.8. The maximum atomic E-state index is 12.9. The maximum absolute atomic E-state index is 12.9. The van der Waals surface area contributed by atoms with Gasteiger partial charge in [-0.1, -0.05) is 0 Å². The Morgan fingerprint density at radius 2 is 1.92 bits per heavy atom. The molecule has 2 aromatic carbocycles. The molecule has 2 aliphatic heterocycles. The average Bonchev–Trinajstić information content (AvgIpc) is 3.11. The molecule has 1 spiro atoms. The predicted molar refractivity (Wildman–Crippen MR) is 87.4 cm³/mol. The van der Waals surface area contributed by atoms with Gasteiger partial charge in [-0.15, -0.1) is 0 Å². The monoisotopic (exact) mass is 340 g/mol. The number of carbonyl (C=O) groups excluding carboxylic acids is 2. The van der Waals surface area contributed by atoms with Gasteiger partial charge in [-0.05, 0) is 43.3 Å². The molecule has 1 atom stereocenters. The molecule has 0 saturated carbocycles. The van der Waals surface area contributed by atoms with Gasteiger partial charge in [0.05, 0.1) is 31.3 Å². The Bertz CT molecular complexity index is 887. The standard InChI is InChI=1S/C19H16O6/c1-3-23-18(21)11-4-6-15-12(8-11)10-19(24-15)17(20)14-9-13(22-2)5-7-16(14)25-19/h4-9H,3,10H2,1-2H3. The number of ketones is 1. The van der Waals surface area contributed by atoms with Gasteiger partial charge in [0.2, 0.25) is 0 Å². The van der Waals surface area contributed by atoms with Crippen molar-refractivity contribution in [2.45, 2.75) is 19.1 Å². The molecule has 128 valence electrons. The van der Waals surface area contributed by atoms with Crippen LogP contribution < -0.4 is 14.2 Å². The predicted octanol–water partition coefficient (Wildman–Crippen LogP) is 2.78. The molecule has 0 saturated heterocycles. The molecule has 0 radical (unpaired) electrons. The quantitative estimate of drug-likeness (QED) is 0.800. The van der Waals surface area contributed by atoms with Gasteiger partial charge >= 0.3 is 11.8 Å². The number of esters is 1. The van der Waals surface area contributed by atoms with E-state index in [9.17, 15) is 9.59 Å². The third kappa shape index (κ3) is 2.33. The van der Waals surface area contributed by atoms with E-state index in [4.69, 9.17) is 18.9 Å². The average molecular weight is 340 g/mol. The van der Waals surface area contributed by atoms with Crippen LogP contribution in [0.5, 0.6) is 17.2 Å². The zero-order valence-corrected chi connectivity index (χ0v) is 13.8. The molecular weight excluding hydrogens is 324 g/mol. The van der Waals surface area contributed by atoms with Crippen LogP contribution in [0, 0.1) is 0 Å². The fraction of sp³-hybridized carbons (Fsp3) is 0.263. The first-order valence-corrected chi connectivity index (χ1v) is 7.97. The molecule has 0 fully saturated rings. The van der Waals surface area contributed by atoms with Crippen LogP contribution in [0.4, 0.5) is 0 Å². The highest BCUT2D eigenvalue weighted by molar-refractivity contribution is 6.07. The summed E-state index contributed by atoms with van der Waals surface area (Å²) in [5, 5.41) is 0. The number of fused-ring (bicyclic) bond motifs is 2. The van der Waals surface area contributed by atoms with Gasteiger partial charge in [-0.25, -0.2) is 4.79 Å². The van der Waals surface area contributed by atoms with Gasteiger partial charge in [0.25, 0.3) is 5.78 Å². The second kappa shape index (κ2) is 5.51. The number of methoxy groups -OCH3 is 1. The van der Waals surface area contributed by atoms with Crippen LogP contribution in [0.25, 0.3) is 0 Å². The first-order valence-electron chi connectivity index (χ1n) is 7.97. The van der Waals surface area contributed by atoms with Crippen LogP contribution in [-0.4, -0.2) is 31.3 Å². The number of carbonyl (C=O) groups is 2. The SMILES string of the molecule is CCOC(=O)c1ccc2c(c1)CC1(O2)Oc2ccc(OC)cc2C1=O. The van der Waals surface area contributed by atoms with E-state index < -0.39 is 11.8 Å². The lowest BCUT2D eigenvalue weighted by atomic mass is 9.99. The fourth-order valence-electron chi connectivity index (χ4n) is 3.14. The Labute approximate surface area is 144 Å². The molecule has 6 heteroatoms. The van der Waals surface area contributed by atoms with E-state index in [0.717, 1.165) is 5.56 Å². The van der Waals surface area contributed by atoms with Crippen molar-refractivity contribution in [3.8, 4) is 17.2 Å². The summed E-state index contributed by atoms with van der Waals surface area (Å²) < 4.78 is 21.9. The summed E-state index contributed by atoms with van der Waals surface area (Å²) in [5.74, 6) is -0.504. The van der Waals surface area contributed by atoms with E-state index in [2.05, 4.69) is 0 Å². The van der Waals surface area contributed by atoms with Gasteiger partial charge in [0, 0.05) is 5.56 Å². The molecule has 0 aromatic heterocycles. The summed E-state index contributed by atoms with van der Waals surface area (Å²) >= 11 is 0. The van der Waals surface area contributed by atoms with E-state index in [1.54, 1.807) is 43.3 Å². The Hall–Kier alpha value is -3.02. The molecule has 0 bridgehead atoms. The third-order valence-electron chi connectivity index (χ3n) is 4.32. The van der Waals surface area contributed by atoms with Gasteiger partial charge < -0.3 is 18.9 Å². The highest BCUT2D eigenvalue weighted by Crippen LogP contribution is 2.45. The van der Waals surface area contributed by atoms with E-state index in [-0.39, 0.29) is 12.2 Å². The van der Waals surface area contributed by atoms with Gasteiger partial charge in [-0.2, -0.15) is 0 Å². The second-order valence-corrected chi connectivity index (χ2v) is 5.87. The minimum Gasteiger partial charge on any atom is -0.497 e. The molecule has 2 aliphatic rings. The van der Waals surface area contributed by atoms with Crippen molar-refractivity contribution in [3.05, 3.63) is 53.1 Å². The van der Waals surface area contributed by atoms with Crippen molar-refractivity contribution >= 4 is 11.8 Å². The van der Waals surface area contributed by atoms with Gasteiger partial charge in [0.1, 0.15) is 17.2 Å². The molecule has 0 aliphatic carbocycles. The van der Waals surface area contributed by atoms with Crippen LogP contribution in [-0.2, 0) is 11.2 Å². The van der Waals surface area contributed by atoms with Crippen LogP contribution in [0.3, 0.4) is 0 Å². The number of benzene rings is 2. The summed E-state index contributed by atoms with van der Waals surface area (Å²) in [5.41, 5.74) is 1.59. The van der Waals surface area contributed by atoms with Crippen LogP contribution in [0.2, 0.25) is 0 Å². The number of ether oxygens (including phenoxy) is 4. The maximum Gasteiger partial charge on any atom is 0.338 e. The Balaban J connectivity index is 1.65. The second-order valence-electron chi connectivity index (χ2n) is 5.87. The summed E-state index contributed by atoms with van der Waals surface area (Å²) in [6.07, 6.45) is 0.228. The largest absolute Gasteiger partial charge is 0.497 e. The zero-order valence-electron chi connectivity index (χ0n) is 13.8. The fourth-order valence-corrected chi connectivity index (χ4v) is 3.14. The highest BCUT2D eigenvalue weighted by Gasteiger charge is 2.54. The molecule has 0 N–H and O–H groups in total. The van der Waals surface area contributed by atoms with Crippen molar-refractivity contribution in [1.82, 2.24) is 0 Å². The van der Waals surface area contributed by atoms with E-state index in [0.29, 0.717) is 35.0 Å². The van der Waals surface area contributed by atoms with Crippen molar-refractivity contribution in [2.24, 2.45) is 0 Å². The van der Waals surface area contributed by atoms with Gasteiger partial charge in [-0.3, -0.25) is 4.79 Å². The molecule has 25 heavy (non-hydrogen) atoms. The molecule has 2 heterocycles. The highest BCUT2D eigenvalue weighted by atomic mass is 16.7. The lowest BCUT2D eigenvalue weighted by molar-refractivity contribution is -0.0531. The van der Waals surface area contributed by atoms with Crippen molar-refractivity contribution in [1.29, 1.82) is 0 Å². The first kappa shape index (κ1) is 15.5. The van der Waals surface area contributed by atoms with Crippen LogP contribution in [0.15, 0.2) is 36.4 Å². The molecule has 0 amide bonds. The lowest BCUT2D eigenvalue weighted by Gasteiger charge is -2.20. The smallest absolute Gasteiger partial charge is 0.338 e. The van der Waals surface area contributed by atoms with Crippen molar-refractivity contribution in [2.75, 3.05) is 13.7 Å².